The van der Waals surface area contributed by atoms with Crippen molar-refractivity contribution in [2.24, 2.45) is 23.7 Å². The van der Waals surface area contributed by atoms with Gasteiger partial charge in [0.15, 0.2) is 0 Å². The third kappa shape index (κ3) is 29.9. The van der Waals surface area contributed by atoms with Gasteiger partial charge in [-0.3, -0.25) is 24.1 Å². The van der Waals surface area contributed by atoms with Gasteiger partial charge in [-0.05, 0) is 264 Å². The molecule has 3 aromatic rings. The molecule has 604 valence electrons. The molecule has 5 N–H and O–H groups in total. The van der Waals surface area contributed by atoms with Crippen molar-refractivity contribution in [3.8, 4) is 0 Å². The van der Waals surface area contributed by atoms with Crippen molar-refractivity contribution in [1.82, 2.24) is 36.0 Å². The van der Waals surface area contributed by atoms with E-state index in [1.807, 2.05) is 147 Å². The number of amides is 7. The topological polar surface area (TPSA) is 224 Å². The number of fused-ring (bicyclic) bond motifs is 6. The zero-order valence-electron chi connectivity index (χ0n) is 67.0. The van der Waals surface area contributed by atoms with Crippen LogP contribution in [0.3, 0.4) is 0 Å². The summed E-state index contributed by atoms with van der Waals surface area (Å²) in [4.78, 5) is 95.4. The zero-order chi connectivity index (χ0) is 79.2. The van der Waals surface area contributed by atoms with E-state index in [-0.39, 0.29) is 65.8 Å². The summed E-state index contributed by atoms with van der Waals surface area (Å²) in [6.45, 7) is 31.6. The van der Waals surface area contributed by atoms with Gasteiger partial charge in [-0.1, -0.05) is 65.8 Å². The molecule has 6 heterocycles. The van der Waals surface area contributed by atoms with Gasteiger partial charge in [0.05, 0.1) is 0 Å². The largest absolute Gasteiger partial charge is 0.444 e. The lowest BCUT2D eigenvalue weighted by atomic mass is 9.85. The second kappa shape index (κ2) is 42.4. The van der Waals surface area contributed by atoms with Crippen LogP contribution in [0.5, 0.6) is 0 Å². The van der Waals surface area contributed by atoms with Gasteiger partial charge in [-0.25, -0.2) is 14.4 Å². The molecule has 25 heteroatoms. The minimum Gasteiger partial charge on any atom is -0.444 e. The first-order valence-electron chi connectivity index (χ1n) is 39.7. The molecule has 0 aromatic heterocycles. The Labute approximate surface area is 670 Å². The highest BCUT2D eigenvalue weighted by Crippen LogP contribution is 2.42. The van der Waals surface area contributed by atoms with E-state index < -0.39 is 16.8 Å². The summed E-state index contributed by atoms with van der Waals surface area (Å²) in [5.74, 6) is 3.11. The first kappa shape index (κ1) is 89.7. The average molecular weight is 1600 g/mol. The lowest BCUT2D eigenvalue weighted by Gasteiger charge is -2.40. The number of likely N-dealkylation sites (tertiary alicyclic amines) is 2. The smallest absolute Gasteiger partial charge is 0.407 e. The van der Waals surface area contributed by atoms with E-state index in [9.17, 15) is 33.6 Å². The molecular formula is C83H127Cl5N10O10. The maximum Gasteiger partial charge on any atom is 0.407 e. The normalized spacial score (nSPS) is 23.2. The molecule has 2 saturated carbocycles. The maximum absolute atomic E-state index is 13.8. The Morgan fingerprint density at radius 2 is 0.852 bits per heavy atom. The van der Waals surface area contributed by atoms with Crippen molar-refractivity contribution in [2.75, 3.05) is 79.2 Å². The summed E-state index contributed by atoms with van der Waals surface area (Å²) in [7, 11) is 0. The SMILES string of the molecule is CC(=O)N1CCC(C(=O)N(CCCCl)c2ccc(C)c(Cl)c2)CC1.CC(=O)N1CCC(C(=O)N(CCCN2C3CCC2CC(NC(=O)OC(C)(C)C)C3)c2ccc(C)c(Cl)c2)CC1.CC(C)(C)OC(=O)NC1CC2CCC(C1)N2.CC(C)(C)OC(=O)NC1CC2CCC(C2)C1.Cc1ccc(NCCCCl)cc1Cl. The fourth-order valence-corrected chi connectivity index (χ4v) is 17.0. The molecule has 6 atom stereocenters. The Balaban J connectivity index is 0.000000201. The number of aryl methyl sites for hydroxylation is 3. The van der Waals surface area contributed by atoms with Gasteiger partial charge in [0, 0.05) is 164 Å². The zero-order valence-corrected chi connectivity index (χ0v) is 70.7. The van der Waals surface area contributed by atoms with Crippen molar-refractivity contribution < 1.29 is 47.8 Å². The van der Waals surface area contributed by atoms with Crippen LogP contribution < -0.4 is 36.4 Å². The fourth-order valence-electron chi connectivity index (χ4n) is 16.2. The first-order valence-corrected chi connectivity index (χ1v) is 41.9. The van der Waals surface area contributed by atoms with Crippen LogP contribution in [0.25, 0.3) is 0 Å². The number of ether oxygens (including phenoxy) is 3. The van der Waals surface area contributed by atoms with E-state index >= 15 is 0 Å². The predicted molar refractivity (Wildman–Crippen MR) is 438 cm³/mol. The summed E-state index contributed by atoms with van der Waals surface area (Å²) < 4.78 is 16.0. The minimum absolute atomic E-state index is 0.0593. The summed E-state index contributed by atoms with van der Waals surface area (Å²) in [5.41, 5.74) is 4.49. The summed E-state index contributed by atoms with van der Waals surface area (Å²) in [6, 6.07) is 20.4. The second-order valence-electron chi connectivity index (χ2n) is 34.0. The summed E-state index contributed by atoms with van der Waals surface area (Å²) in [5, 5.41) is 18.0. The third-order valence-electron chi connectivity index (χ3n) is 21.6. The quantitative estimate of drug-likeness (QED) is 0.0455. The Morgan fingerprint density at radius 1 is 0.472 bits per heavy atom. The standard InChI is InChI=1S/C30H45ClN4O4.C18H24Cl2N2O2.C13H23NO2.C12H22N2O2.C10H13Cl2N/c1-20-7-8-26(19-27(20)31)35(28(37)22-11-15-33(16-12-22)21(2)36)14-6-13-34-24-9-10-25(34)18-23(17-24)32-29(38)39-30(3,4)5;1-13-4-5-16(12-17(13)20)22(9-3-8-19)18(24)15-6-10-21(11-7-15)14(2)23;1-13(2,3)16-12(15)14-11-7-9-4-5-10(6-9)8-11;1-12(2,3)16-11(15)14-10-6-8-4-5-9(7-10)13-8;1-8-3-4-9(7-10(8)12)13-6-2-5-11/h7-8,19,22-25H,6,9-18H2,1-5H3,(H,32,38);4-5,12,15H,3,6-11H2,1-2H3;9-11H,4-8H2,1-3H3,(H,14,15);8-10,13H,4-7H2,1-3H3,(H,14,15);3-4,7,13H,2,5-6H2,1H3. The van der Waals surface area contributed by atoms with E-state index in [1.165, 1.54) is 32.1 Å². The number of benzene rings is 3. The van der Waals surface area contributed by atoms with E-state index in [0.29, 0.717) is 117 Å². The highest BCUT2D eigenvalue weighted by molar-refractivity contribution is 6.32. The van der Waals surface area contributed by atoms with E-state index in [1.54, 1.807) is 23.6 Å². The number of hydrogen-bond acceptors (Lipinski definition) is 13. The average Bonchev–Trinajstić information content (AvgIpc) is 1.74. The van der Waals surface area contributed by atoms with Crippen molar-refractivity contribution in [3.05, 3.63) is 86.4 Å². The number of hydrogen-bond donors (Lipinski definition) is 5. The van der Waals surface area contributed by atoms with E-state index in [2.05, 4.69) is 31.5 Å². The van der Waals surface area contributed by atoms with Crippen LogP contribution in [0, 0.1) is 44.4 Å². The molecule has 6 bridgehead atoms. The second-order valence-corrected chi connectivity index (χ2v) is 36.0. The Kier molecular flexibility index (Phi) is 35.2. The Hall–Kier alpha value is -5.48. The van der Waals surface area contributed by atoms with Crippen molar-refractivity contribution >= 4 is 117 Å². The third-order valence-corrected chi connectivity index (χ3v) is 23.3. The number of carbonyl (C=O) groups excluding carboxylic acids is 7. The molecule has 7 amide bonds. The van der Waals surface area contributed by atoms with Crippen LogP contribution in [0.2, 0.25) is 15.1 Å². The van der Waals surface area contributed by atoms with Gasteiger partial charge in [-0.15, -0.1) is 23.2 Å². The Bertz CT molecular complexity index is 3330. The number of alkyl halides is 2. The van der Waals surface area contributed by atoms with Gasteiger partial charge >= 0.3 is 18.3 Å². The van der Waals surface area contributed by atoms with E-state index in [4.69, 9.17) is 72.2 Å². The van der Waals surface area contributed by atoms with E-state index in [0.717, 1.165) is 134 Å². The molecule has 6 unspecified atom stereocenters. The molecule has 6 saturated heterocycles. The van der Waals surface area contributed by atoms with Gasteiger partial charge in [0.2, 0.25) is 23.6 Å². The number of carbonyl (C=O) groups is 7. The van der Waals surface area contributed by atoms with Crippen molar-refractivity contribution in [3.63, 3.8) is 0 Å². The van der Waals surface area contributed by atoms with Crippen LogP contribution in [0.1, 0.15) is 221 Å². The Morgan fingerprint density at radius 3 is 1.23 bits per heavy atom. The molecule has 8 fully saturated rings. The lowest BCUT2D eigenvalue weighted by Crippen LogP contribution is -2.51. The number of alkyl carbamates (subject to hydrolysis) is 3. The monoisotopic (exact) mass is 1600 g/mol. The van der Waals surface area contributed by atoms with Gasteiger partial charge in [0.1, 0.15) is 16.8 Å². The van der Waals surface area contributed by atoms with Gasteiger partial charge < -0.3 is 60.4 Å². The molecular weight excluding hydrogens is 1470 g/mol. The van der Waals surface area contributed by atoms with Gasteiger partial charge in [-0.2, -0.15) is 0 Å². The summed E-state index contributed by atoms with van der Waals surface area (Å²) in [6.07, 6.45) is 19.6. The highest BCUT2D eigenvalue weighted by Gasteiger charge is 2.42. The molecule has 6 aliphatic heterocycles. The number of nitrogens with zero attached hydrogens (tertiary/aromatic N) is 5. The molecule has 8 aliphatic rings. The van der Waals surface area contributed by atoms with Crippen LogP contribution in [0.15, 0.2) is 54.6 Å². The van der Waals surface area contributed by atoms with Crippen LogP contribution in [0.4, 0.5) is 31.4 Å². The highest BCUT2D eigenvalue weighted by atomic mass is 35.5. The summed E-state index contributed by atoms with van der Waals surface area (Å²) >= 11 is 30.0. The number of nitrogens with one attached hydrogen (secondary N) is 5. The molecule has 108 heavy (non-hydrogen) atoms. The van der Waals surface area contributed by atoms with Gasteiger partial charge in [0.25, 0.3) is 0 Å². The molecule has 20 nitrogen and oxygen atoms in total. The fraction of sp³-hybridized carbons (Fsp3) is 0.699. The number of halogens is 5. The van der Waals surface area contributed by atoms with Crippen LogP contribution in [-0.4, -0.2) is 180 Å². The predicted octanol–water partition coefficient (Wildman–Crippen LogP) is 17.6. The maximum atomic E-state index is 13.8. The molecule has 3 aromatic carbocycles. The molecule has 0 radical (unpaired) electrons. The number of piperidine rings is 4. The van der Waals surface area contributed by atoms with Crippen LogP contribution in [-0.2, 0) is 33.4 Å². The number of rotatable bonds is 18. The first-order chi connectivity index (χ1) is 50.9. The molecule has 2 aliphatic carbocycles. The molecule has 11 rings (SSSR count). The minimum atomic E-state index is -0.501. The van der Waals surface area contributed by atoms with Crippen LogP contribution >= 0.6 is 58.0 Å². The lowest BCUT2D eigenvalue weighted by molar-refractivity contribution is -0.133. The van der Waals surface area contributed by atoms with Crippen molar-refractivity contribution in [2.45, 2.75) is 284 Å². The number of anilines is 3. The molecule has 0 spiro atoms. The van der Waals surface area contributed by atoms with Crippen molar-refractivity contribution in [1.29, 1.82) is 0 Å².